The van der Waals surface area contributed by atoms with Crippen molar-refractivity contribution < 1.29 is 9.90 Å². The average molecular weight is 380 g/mol. The van der Waals surface area contributed by atoms with Gasteiger partial charge in [0.2, 0.25) is 0 Å². The summed E-state index contributed by atoms with van der Waals surface area (Å²) < 4.78 is 0. The number of phenols is 1. The third-order valence-corrected chi connectivity index (χ3v) is 6.68. The lowest BCUT2D eigenvalue weighted by Gasteiger charge is -2.53. The number of piperazine rings is 1. The van der Waals surface area contributed by atoms with Crippen LogP contribution < -0.4 is 5.32 Å². The Labute approximate surface area is 167 Å². The molecule has 0 spiro atoms. The van der Waals surface area contributed by atoms with Crippen molar-refractivity contribution in [3.8, 4) is 5.75 Å². The fourth-order valence-corrected chi connectivity index (χ4v) is 4.74. The molecule has 0 bridgehead atoms. The lowest BCUT2D eigenvalue weighted by molar-refractivity contribution is 0.00970. The smallest absolute Gasteiger partial charge is 0.321 e. The van der Waals surface area contributed by atoms with Gasteiger partial charge in [0.25, 0.3) is 0 Å². The summed E-state index contributed by atoms with van der Waals surface area (Å²) in [6.45, 7) is 8.02. The van der Waals surface area contributed by atoms with Gasteiger partial charge in [0, 0.05) is 37.9 Å². The van der Waals surface area contributed by atoms with Crippen LogP contribution in [0.5, 0.6) is 5.75 Å². The van der Waals surface area contributed by atoms with E-state index in [1.807, 2.05) is 47.4 Å². The summed E-state index contributed by atoms with van der Waals surface area (Å²) in [6, 6.07) is 17.6. The lowest BCUT2D eigenvalue weighted by Crippen LogP contribution is -2.62. The first-order chi connectivity index (χ1) is 13.5. The van der Waals surface area contributed by atoms with Crippen LogP contribution in [0, 0.1) is 5.92 Å². The predicted octanol–water partition coefficient (Wildman–Crippen LogP) is 3.91. The average Bonchev–Trinajstić information content (AvgIpc) is 2.69. The zero-order valence-corrected chi connectivity index (χ0v) is 16.6. The maximum atomic E-state index is 12.7. The van der Waals surface area contributed by atoms with E-state index in [2.05, 4.69) is 30.1 Å². The predicted molar refractivity (Wildman–Crippen MR) is 112 cm³/mol. The molecule has 3 atom stereocenters. The van der Waals surface area contributed by atoms with E-state index in [4.69, 9.17) is 0 Å². The van der Waals surface area contributed by atoms with Gasteiger partial charge in [-0.3, -0.25) is 4.90 Å². The second-order valence-corrected chi connectivity index (χ2v) is 8.46. The molecule has 0 aromatic heterocycles. The van der Waals surface area contributed by atoms with Gasteiger partial charge in [-0.1, -0.05) is 44.2 Å². The van der Waals surface area contributed by atoms with Crippen LogP contribution in [-0.2, 0) is 5.41 Å². The maximum absolute atomic E-state index is 12.7. The van der Waals surface area contributed by atoms with E-state index in [0.29, 0.717) is 17.7 Å². The SMILES string of the molecule is CC1CN2CCN(C(=O)Nc3ccccc3)CC2CC1(C)c1cccc(O)c1. The minimum Gasteiger partial charge on any atom is -0.508 e. The van der Waals surface area contributed by atoms with Crippen molar-refractivity contribution in [2.24, 2.45) is 5.92 Å². The Bertz CT molecular complexity index is 841. The van der Waals surface area contributed by atoms with E-state index < -0.39 is 0 Å². The molecule has 3 unspecified atom stereocenters. The Morgan fingerprint density at radius 2 is 1.89 bits per heavy atom. The van der Waals surface area contributed by atoms with Crippen LogP contribution in [-0.4, -0.2) is 53.2 Å². The monoisotopic (exact) mass is 379 g/mol. The number of piperidine rings is 1. The van der Waals surface area contributed by atoms with Crippen LogP contribution in [0.25, 0.3) is 0 Å². The number of carbonyl (C=O) groups is 1. The van der Waals surface area contributed by atoms with Crippen LogP contribution in [0.15, 0.2) is 54.6 Å². The second kappa shape index (κ2) is 7.47. The fourth-order valence-electron chi connectivity index (χ4n) is 4.74. The van der Waals surface area contributed by atoms with Gasteiger partial charge in [0.15, 0.2) is 0 Å². The molecule has 2 heterocycles. The highest BCUT2D eigenvalue weighted by Gasteiger charge is 2.45. The normalized spacial score (nSPS) is 27.9. The summed E-state index contributed by atoms with van der Waals surface area (Å²) in [5, 5.41) is 13.0. The Kier molecular flexibility index (Phi) is 5.02. The molecule has 2 fully saturated rings. The number of rotatable bonds is 2. The first-order valence-corrected chi connectivity index (χ1v) is 10.1. The number of fused-ring (bicyclic) bond motifs is 1. The first kappa shape index (κ1) is 18.8. The number of nitrogens with zero attached hydrogens (tertiary/aromatic N) is 2. The second-order valence-electron chi connectivity index (χ2n) is 8.46. The number of phenolic OH excluding ortho intramolecular Hbond substituents is 1. The number of benzene rings is 2. The number of hydrogen-bond donors (Lipinski definition) is 2. The van der Waals surface area contributed by atoms with Crippen LogP contribution in [0.3, 0.4) is 0 Å². The molecule has 2 amide bonds. The van der Waals surface area contributed by atoms with Crippen LogP contribution in [0.4, 0.5) is 10.5 Å². The third-order valence-electron chi connectivity index (χ3n) is 6.68. The number of amides is 2. The third kappa shape index (κ3) is 3.59. The van der Waals surface area contributed by atoms with Gasteiger partial charge in [0.1, 0.15) is 5.75 Å². The molecular formula is C23H29N3O2. The zero-order chi connectivity index (χ0) is 19.7. The van der Waals surface area contributed by atoms with E-state index in [1.54, 1.807) is 6.07 Å². The van der Waals surface area contributed by atoms with E-state index in [-0.39, 0.29) is 11.4 Å². The van der Waals surface area contributed by atoms with Crippen LogP contribution in [0.1, 0.15) is 25.8 Å². The number of nitrogens with one attached hydrogen (secondary N) is 1. The van der Waals surface area contributed by atoms with Crippen LogP contribution >= 0.6 is 0 Å². The van der Waals surface area contributed by atoms with E-state index >= 15 is 0 Å². The van der Waals surface area contributed by atoms with Gasteiger partial charge >= 0.3 is 6.03 Å². The minimum atomic E-state index is -0.0245. The first-order valence-electron chi connectivity index (χ1n) is 10.1. The van der Waals surface area contributed by atoms with Gasteiger partial charge in [0.05, 0.1) is 0 Å². The molecule has 2 aromatic carbocycles. The summed E-state index contributed by atoms with van der Waals surface area (Å²) in [7, 11) is 0. The summed E-state index contributed by atoms with van der Waals surface area (Å²) in [6.07, 6.45) is 0.979. The van der Waals surface area contributed by atoms with E-state index in [1.165, 1.54) is 5.56 Å². The molecule has 2 N–H and O–H groups in total. The molecule has 2 aliphatic heterocycles. The van der Waals surface area contributed by atoms with Gasteiger partial charge in [-0.2, -0.15) is 0 Å². The molecule has 5 heteroatoms. The standard InChI is InChI=1S/C23H29N3O2/c1-17-15-25-11-12-26(22(28)24-19-8-4-3-5-9-19)16-20(25)14-23(17,2)18-7-6-10-21(27)13-18/h3-10,13,17,20,27H,11-12,14-16H2,1-2H3,(H,24,28). The summed E-state index contributed by atoms with van der Waals surface area (Å²) in [5.74, 6) is 0.802. The summed E-state index contributed by atoms with van der Waals surface area (Å²) in [4.78, 5) is 17.2. The van der Waals surface area contributed by atoms with Crippen molar-refractivity contribution in [2.45, 2.75) is 31.7 Å². The van der Waals surface area contributed by atoms with Gasteiger partial charge in [-0.05, 0) is 47.6 Å². The molecule has 2 saturated heterocycles. The van der Waals surface area contributed by atoms with Crippen molar-refractivity contribution in [2.75, 3.05) is 31.5 Å². The molecule has 4 rings (SSSR count). The number of carbonyl (C=O) groups excluding carboxylic acids is 1. The number of anilines is 1. The van der Waals surface area contributed by atoms with Gasteiger partial charge < -0.3 is 15.3 Å². The van der Waals surface area contributed by atoms with E-state index in [0.717, 1.165) is 38.3 Å². The van der Waals surface area contributed by atoms with Crippen molar-refractivity contribution in [1.82, 2.24) is 9.80 Å². The summed E-state index contributed by atoms with van der Waals surface area (Å²) >= 11 is 0. The van der Waals surface area contributed by atoms with Crippen molar-refractivity contribution in [1.29, 1.82) is 0 Å². The molecular weight excluding hydrogens is 350 g/mol. The van der Waals surface area contributed by atoms with Crippen molar-refractivity contribution in [3.05, 3.63) is 60.2 Å². The summed E-state index contributed by atoms with van der Waals surface area (Å²) in [5.41, 5.74) is 2.00. The van der Waals surface area contributed by atoms with E-state index in [9.17, 15) is 9.90 Å². The number of para-hydroxylation sites is 1. The molecule has 0 radical (unpaired) electrons. The molecule has 2 aliphatic rings. The topological polar surface area (TPSA) is 55.8 Å². The molecule has 0 saturated carbocycles. The largest absolute Gasteiger partial charge is 0.508 e. The fraction of sp³-hybridized carbons (Fsp3) is 0.435. The lowest BCUT2D eigenvalue weighted by atomic mass is 9.65. The zero-order valence-electron chi connectivity index (χ0n) is 16.6. The maximum Gasteiger partial charge on any atom is 0.321 e. The number of urea groups is 1. The Hall–Kier alpha value is -2.53. The Morgan fingerprint density at radius 1 is 1.11 bits per heavy atom. The molecule has 0 aliphatic carbocycles. The van der Waals surface area contributed by atoms with Crippen molar-refractivity contribution in [3.63, 3.8) is 0 Å². The van der Waals surface area contributed by atoms with Crippen LogP contribution in [0.2, 0.25) is 0 Å². The molecule has 28 heavy (non-hydrogen) atoms. The number of aromatic hydroxyl groups is 1. The highest BCUT2D eigenvalue weighted by atomic mass is 16.3. The quantitative estimate of drug-likeness (QED) is 0.832. The van der Waals surface area contributed by atoms with Crippen molar-refractivity contribution >= 4 is 11.7 Å². The Balaban J connectivity index is 1.48. The number of hydrogen-bond acceptors (Lipinski definition) is 3. The molecule has 5 nitrogen and oxygen atoms in total. The minimum absolute atomic E-state index is 0.0151. The molecule has 148 valence electrons. The molecule has 2 aromatic rings. The van der Waals surface area contributed by atoms with Gasteiger partial charge in [-0.25, -0.2) is 4.79 Å². The highest BCUT2D eigenvalue weighted by molar-refractivity contribution is 5.89. The van der Waals surface area contributed by atoms with Gasteiger partial charge in [-0.15, -0.1) is 0 Å². The Morgan fingerprint density at radius 3 is 2.64 bits per heavy atom. The highest BCUT2D eigenvalue weighted by Crippen LogP contribution is 2.43.